The normalized spacial score (nSPS) is 29.9. The summed E-state index contributed by atoms with van der Waals surface area (Å²) in [6.45, 7) is 0. The number of sulfone groups is 1. The van der Waals surface area contributed by atoms with E-state index in [-0.39, 0.29) is 17.8 Å². The number of hydrogen-bond donors (Lipinski definition) is 1. The van der Waals surface area contributed by atoms with Crippen LogP contribution in [-0.4, -0.2) is 34.7 Å². The van der Waals surface area contributed by atoms with Crippen LogP contribution in [-0.2, 0) is 22.7 Å². The number of aromatic nitrogens is 3. The SMILES string of the molecule is NC1CCCc2nnc(CC3CCCS(=O)(=O)C3)n21. The summed E-state index contributed by atoms with van der Waals surface area (Å²) in [5.41, 5.74) is 6.11. The van der Waals surface area contributed by atoms with Crippen LogP contribution in [0.1, 0.15) is 43.5 Å². The molecule has 2 aliphatic heterocycles. The van der Waals surface area contributed by atoms with Crippen molar-refractivity contribution in [1.82, 2.24) is 14.8 Å². The number of nitrogens with two attached hydrogens (primary N) is 1. The highest BCUT2D eigenvalue weighted by atomic mass is 32.2. The summed E-state index contributed by atoms with van der Waals surface area (Å²) in [5.74, 6) is 2.60. The maximum absolute atomic E-state index is 11.7. The van der Waals surface area contributed by atoms with Crippen LogP contribution in [0.15, 0.2) is 0 Å². The van der Waals surface area contributed by atoms with Gasteiger partial charge in [0.25, 0.3) is 0 Å². The van der Waals surface area contributed by atoms with Gasteiger partial charge in [-0.25, -0.2) is 8.42 Å². The second-order valence-corrected chi connectivity index (χ2v) is 7.92. The Bertz CT molecular complexity index is 566. The summed E-state index contributed by atoms with van der Waals surface area (Å²) in [6, 6.07) is 0. The van der Waals surface area contributed by atoms with Gasteiger partial charge in [-0.2, -0.15) is 0 Å². The minimum atomic E-state index is -2.86. The van der Waals surface area contributed by atoms with E-state index in [9.17, 15) is 8.42 Å². The van der Waals surface area contributed by atoms with Crippen LogP contribution < -0.4 is 5.73 Å². The number of hydrogen-bond acceptors (Lipinski definition) is 5. The van der Waals surface area contributed by atoms with Gasteiger partial charge in [0.05, 0.1) is 17.7 Å². The van der Waals surface area contributed by atoms with Gasteiger partial charge in [0.15, 0.2) is 9.84 Å². The molecule has 0 aliphatic carbocycles. The van der Waals surface area contributed by atoms with E-state index in [1.165, 1.54) is 0 Å². The third kappa shape index (κ3) is 2.67. The Balaban J connectivity index is 1.79. The lowest BCUT2D eigenvalue weighted by molar-refractivity contribution is 0.383. The molecule has 1 saturated heterocycles. The molecule has 1 fully saturated rings. The summed E-state index contributed by atoms with van der Waals surface area (Å²) < 4.78 is 25.4. The van der Waals surface area contributed by atoms with Crippen molar-refractivity contribution in [3.8, 4) is 0 Å². The fraction of sp³-hybridized carbons (Fsp3) is 0.833. The molecule has 0 bridgehead atoms. The Morgan fingerprint density at radius 2 is 2.11 bits per heavy atom. The molecule has 19 heavy (non-hydrogen) atoms. The molecule has 2 N–H and O–H groups in total. The molecule has 0 saturated carbocycles. The van der Waals surface area contributed by atoms with Crippen LogP contribution in [0.4, 0.5) is 0 Å². The Morgan fingerprint density at radius 3 is 2.89 bits per heavy atom. The van der Waals surface area contributed by atoms with Crippen molar-refractivity contribution < 1.29 is 8.42 Å². The Hall–Kier alpha value is -0.950. The lowest BCUT2D eigenvalue weighted by atomic mass is 10.0. The summed E-state index contributed by atoms with van der Waals surface area (Å²) >= 11 is 0. The molecular formula is C12H20N4O2S. The summed E-state index contributed by atoms with van der Waals surface area (Å²) in [5, 5.41) is 8.42. The molecule has 2 atom stereocenters. The largest absolute Gasteiger partial charge is 0.311 e. The van der Waals surface area contributed by atoms with Crippen molar-refractivity contribution >= 4 is 9.84 Å². The molecular weight excluding hydrogens is 264 g/mol. The second-order valence-electron chi connectivity index (χ2n) is 5.69. The first-order valence-electron chi connectivity index (χ1n) is 6.94. The molecule has 2 aliphatic rings. The van der Waals surface area contributed by atoms with Gasteiger partial charge < -0.3 is 5.73 Å². The van der Waals surface area contributed by atoms with Crippen molar-refractivity contribution in [1.29, 1.82) is 0 Å². The second kappa shape index (κ2) is 4.86. The molecule has 0 radical (unpaired) electrons. The van der Waals surface area contributed by atoms with Crippen molar-refractivity contribution in [2.75, 3.05) is 11.5 Å². The fourth-order valence-corrected chi connectivity index (χ4v) is 4.96. The zero-order chi connectivity index (χ0) is 13.5. The van der Waals surface area contributed by atoms with Crippen LogP contribution in [0, 0.1) is 5.92 Å². The monoisotopic (exact) mass is 284 g/mol. The Labute approximate surface area is 113 Å². The summed E-state index contributed by atoms with van der Waals surface area (Å²) in [4.78, 5) is 0. The predicted molar refractivity (Wildman–Crippen MR) is 71.3 cm³/mol. The summed E-state index contributed by atoms with van der Waals surface area (Å²) in [7, 11) is -2.86. The van der Waals surface area contributed by atoms with Gasteiger partial charge in [-0.1, -0.05) is 0 Å². The lowest BCUT2D eigenvalue weighted by Gasteiger charge is -2.25. The molecule has 3 rings (SSSR count). The first-order valence-corrected chi connectivity index (χ1v) is 8.76. The minimum absolute atomic E-state index is 0.0473. The van der Waals surface area contributed by atoms with Crippen LogP contribution in [0.25, 0.3) is 0 Å². The molecule has 7 heteroatoms. The molecule has 6 nitrogen and oxygen atoms in total. The average molecular weight is 284 g/mol. The molecule has 3 heterocycles. The lowest BCUT2D eigenvalue weighted by Crippen LogP contribution is -2.30. The van der Waals surface area contributed by atoms with E-state index < -0.39 is 9.84 Å². The first kappa shape index (κ1) is 13.1. The zero-order valence-corrected chi connectivity index (χ0v) is 11.8. The van der Waals surface area contributed by atoms with Gasteiger partial charge in [0.1, 0.15) is 11.6 Å². The van der Waals surface area contributed by atoms with E-state index >= 15 is 0 Å². The van der Waals surface area contributed by atoms with Crippen LogP contribution >= 0.6 is 0 Å². The highest BCUT2D eigenvalue weighted by molar-refractivity contribution is 7.91. The summed E-state index contributed by atoms with van der Waals surface area (Å²) in [6.07, 6.45) is 5.27. The van der Waals surface area contributed by atoms with E-state index in [1.807, 2.05) is 4.57 Å². The minimum Gasteiger partial charge on any atom is -0.311 e. The zero-order valence-electron chi connectivity index (χ0n) is 11.0. The number of nitrogens with zero attached hydrogens (tertiary/aromatic N) is 3. The van der Waals surface area contributed by atoms with Gasteiger partial charge >= 0.3 is 0 Å². The van der Waals surface area contributed by atoms with E-state index in [1.54, 1.807) is 0 Å². The van der Waals surface area contributed by atoms with Crippen molar-refractivity contribution in [3.05, 3.63) is 11.6 Å². The molecule has 0 amide bonds. The molecule has 1 aromatic heterocycles. The fourth-order valence-electron chi connectivity index (χ4n) is 3.19. The van der Waals surface area contributed by atoms with E-state index in [0.29, 0.717) is 12.2 Å². The van der Waals surface area contributed by atoms with Crippen LogP contribution in [0.5, 0.6) is 0 Å². The van der Waals surface area contributed by atoms with Gasteiger partial charge in [-0.15, -0.1) is 10.2 Å². The number of fused-ring (bicyclic) bond motifs is 1. The molecule has 0 spiro atoms. The highest BCUT2D eigenvalue weighted by Gasteiger charge is 2.28. The number of aryl methyl sites for hydroxylation is 1. The number of rotatable bonds is 2. The van der Waals surface area contributed by atoms with Gasteiger partial charge in [-0.3, -0.25) is 4.57 Å². The maximum Gasteiger partial charge on any atom is 0.150 e. The molecule has 2 unspecified atom stereocenters. The van der Waals surface area contributed by atoms with Crippen LogP contribution in [0.3, 0.4) is 0 Å². The van der Waals surface area contributed by atoms with Crippen molar-refractivity contribution in [2.45, 2.75) is 44.7 Å². The van der Waals surface area contributed by atoms with E-state index in [2.05, 4.69) is 10.2 Å². The Morgan fingerprint density at radius 1 is 1.26 bits per heavy atom. The molecule has 106 valence electrons. The predicted octanol–water partition coefficient (Wildman–Crippen LogP) is 0.439. The smallest absolute Gasteiger partial charge is 0.150 e. The average Bonchev–Trinajstić information content (AvgIpc) is 2.72. The van der Waals surface area contributed by atoms with E-state index in [4.69, 9.17) is 5.73 Å². The third-order valence-electron chi connectivity index (χ3n) is 4.10. The topological polar surface area (TPSA) is 90.9 Å². The Kier molecular flexibility index (Phi) is 3.34. The van der Waals surface area contributed by atoms with Gasteiger partial charge in [-0.05, 0) is 31.6 Å². The van der Waals surface area contributed by atoms with E-state index in [0.717, 1.165) is 43.8 Å². The van der Waals surface area contributed by atoms with Crippen molar-refractivity contribution in [2.24, 2.45) is 11.7 Å². The van der Waals surface area contributed by atoms with Gasteiger partial charge in [0.2, 0.25) is 0 Å². The van der Waals surface area contributed by atoms with Crippen LogP contribution in [0.2, 0.25) is 0 Å². The molecule has 0 aromatic carbocycles. The van der Waals surface area contributed by atoms with Gasteiger partial charge in [0, 0.05) is 12.8 Å². The maximum atomic E-state index is 11.7. The third-order valence-corrected chi connectivity index (χ3v) is 5.99. The molecule has 1 aromatic rings. The van der Waals surface area contributed by atoms with Crippen molar-refractivity contribution in [3.63, 3.8) is 0 Å². The quantitative estimate of drug-likeness (QED) is 0.851. The highest BCUT2D eigenvalue weighted by Crippen LogP contribution is 2.26. The standard InChI is InChI=1S/C12H20N4O2S/c13-10-4-1-5-11-14-15-12(16(10)11)7-9-3-2-6-19(17,18)8-9/h9-10H,1-8,13H2. The first-order chi connectivity index (χ1) is 9.05.